The molecule has 1 aromatic carbocycles. The number of nitrogens with one attached hydrogen (secondary N) is 1. The van der Waals surface area contributed by atoms with Gasteiger partial charge < -0.3 is 16.0 Å². The first-order chi connectivity index (χ1) is 10.9. The minimum Gasteiger partial charge on any atom is -0.370 e. The molecule has 4 nitrogen and oxygen atoms in total. The van der Waals surface area contributed by atoms with Crippen LogP contribution >= 0.6 is 0 Å². The third-order valence-electron chi connectivity index (χ3n) is 3.90. The lowest BCUT2D eigenvalue weighted by molar-refractivity contribution is -0.137. The molecule has 1 fully saturated rings. The summed E-state index contributed by atoms with van der Waals surface area (Å²) >= 11 is 0. The topological polar surface area (TPSA) is 58.4 Å². The molecule has 0 aromatic heterocycles. The van der Waals surface area contributed by atoms with Crippen LogP contribution in [0.3, 0.4) is 0 Å². The number of carbonyl (C=O) groups excluding carboxylic acids is 1. The van der Waals surface area contributed by atoms with Gasteiger partial charge in [-0.15, -0.1) is 0 Å². The Labute approximate surface area is 133 Å². The second-order valence-electron chi connectivity index (χ2n) is 5.72. The van der Waals surface area contributed by atoms with Gasteiger partial charge in [0.2, 0.25) is 5.91 Å². The third-order valence-corrected chi connectivity index (χ3v) is 3.90. The maximum absolute atomic E-state index is 12.9. The highest BCUT2D eigenvalue weighted by Crippen LogP contribution is 2.36. The zero-order valence-corrected chi connectivity index (χ0v) is 13.0. The molecule has 2 rings (SSSR count). The van der Waals surface area contributed by atoms with Gasteiger partial charge in [0.15, 0.2) is 0 Å². The molecule has 0 spiro atoms. The Morgan fingerprint density at radius 1 is 1.22 bits per heavy atom. The Balaban J connectivity index is 2.27. The molecular formula is C16H22F3N3O. The lowest BCUT2D eigenvalue weighted by Gasteiger charge is -2.31. The van der Waals surface area contributed by atoms with Gasteiger partial charge in [-0.1, -0.05) is 0 Å². The number of anilines is 2. The van der Waals surface area contributed by atoms with E-state index < -0.39 is 11.7 Å². The molecule has 7 heteroatoms. The summed E-state index contributed by atoms with van der Waals surface area (Å²) in [5.41, 5.74) is 5.48. The van der Waals surface area contributed by atoms with Crippen molar-refractivity contribution in [3.05, 3.63) is 23.8 Å². The van der Waals surface area contributed by atoms with Gasteiger partial charge in [0.1, 0.15) is 0 Å². The van der Waals surface area contributed by atoms with E-state index >= 15 is 0 Å². The van der Waals surface area contributed by atoms with E-state index in [0.717, 1.165) is 44.5 Å². The van der Waals surface area contributed by atoms with Crippen LogP contribution in [0.2, 0.25) is 0 Å². The van der Waals surface area contributed by atoms with Crippen LogP contribution < -0.4 is 16.0 Å². The van der Waals surface area contributed by atoms with Crippen LogP contribution in [0.5, 0.6) is 0 Å². The number of hydrogen-bond donors (Lipinski definition) is 2. The SMILES string of the molecule is NCCCC(=O)Nc1cc(C(F)(F)F)ccc1N1CCCCC1. The second-order valence-corrected chi connectivity index (χ2v) is 5.72. The fraction of sp³-hybridized carbons (Fsp3) is 0.562. The van der Waals surface area contributed by atoms with Crippen molar-refractivity contribution < 1.29 is 18.0 Å². The number of hydrogen-bond acceptors (Lipinski definition) is 3. The zero-order chi connectivity index (χ0) is 16.9. The summed E-state index contributed by atoms with van der Waals surface area (Å²) in [6.07, 6.45) is -0.605. The fourth-order valence-corrected chi connectivity index (χ4v) is 2.70. The highest BCUT2D eigenvalue weighted by atomic mass is 19.4. The quantitative estimate of drug-likeness (QED) is 0.871. The molecule has 0 saturated carbocycles. The van der Waals surface area contributed by atoms with E-state index in [2.05, 4.69) is 5.32 Å². The summed E-state index contributed by atoms with van der Waals surface area (Å²) in [5, 5.41) is 2.62. The van der Waals surface area contributed by atoms with Crippen molar-refractivity contribution in [2.45, 2.75) is 38.3 Å². The van der Waals surface area contributed by atoms with Crippen molar-refractivity contribution >= 4 is 17.3 Å². The molecule has 128 valence electrons. The van der Waals surface area contributed by atoms with E-state index in [0.29, 0.717) is 18.7 Å². The molecule has 0 radical (unpaired) electrons. The summed E-state index contributed by atoms with van der Waals surface area (Å²) < 4.78 is 38.8. The predicted octanol–water partition coefficient (Wildman–Crippen LogP) is 3.37. The number of piperidine rings is 1. The summed E-state index contributed by atoms with van der Waals surface area (Å²) in [6, 6.07) is 3.54. The number of rotatable bonds is 5. The molecule has 0 bridgehead atoms. The molecule has 1 aromatic rings. The first-order valence-corrected chi connectivity index (χ1v) is 7.88. The van der Waals surface area contributed by atoms with Crippen LogP contribution in [-0.4, -0.2) is 25.5 Å². The third kappa shape index (κ3) is 4.86. The van der Waals surface area contributed by atoms with Crippen molar-refractivity contribution in [2.24, 2.45) is 5.73 Å². The van der Waals surface area contributed by atoms with Crippen LogP contribution in [0.4, 0.5) is 24.5 Å². The van der Waals surface area contributed by atoms with Crippen molar-refractivity contribution in [1.82, 2.24) is 0 Å². The number of nitrogens with two attached hydrogens (primary N) is 1. The average Bonchev–Trinajstić information content (AvgIpc) is 2.53. The highest BCUT2D eigenvalue weighted by Gasteiger charge is 2.31. The largest absolute Gasteiger partial charge is 0.416 e. The maximum Gasteiger partial charge on any atom is 0.416 e. The Kier molecular flexibility index (Phi) is 5.87. The number of amides is 1. The summed E-state index contributed by atoms with van der Waals surface area (Å²) in [7, 11) is 0. The Morgan fingerprint density at radius 3 is 2.52 bits per heavy atom. The molecule has 0 unspecified atom stereocenters. The van der Waals surface area contributed by atoms with Crippen LogP contribution in [0.15, 0.2) is 18.2 Å². The van der Waals surface area contributed by atoms with Gasteiger partial charge in [-0.2, -0.15) is 13.2 Å². The van der Waals surface area contributed by atoms with Crippen molar-refractivity contribution in [2.75, 3.05) is 29.9 Å². The van der Waals surface area contributed by atoms with E-state index in [1.54, 1.807) is 0 Å². The Bertz CT molecular complexity index is 540. The molecule has 0 atom stereocenters. The van der Waals surface area contributed by atoms with Crippen LogP contribution in [0.1, 0.15) is 37.7 Å². The van der Waals surface area contributed by atoms with Crippen LogP contribution in [-0.2, 0) is 11.0 Å². The molecule has 1 heterocycles. The monoisotopic (exact) mass is 329 g/mol. The zero-order valence-electron chi connectivity index (χ0n) is 13.0. The molecule has 23 heavy (non-hydrogen) atoms. The number of nitrogens with zero attached hydrogens (tertiary/aromatic N) is 1. The van der Waals surface area contributed by atoms with E-state index in [1.165, 1.54) is 6.07 Å². The maximum atomic E-state index is 12.9. The summed E-state index contributed by atoms with van der Waals surface area (Å²) in [6.45, 7) is 1.95. The molecular weight excluding hydrogens is 307 g/mol. The van der Waals surface area contributed by atoms with Gasteiger partial charge in [0.25, 0.3) is 0 Å². The smallest absolute Gasteiger partial charge is 0.370 e. The van der Waals surface area contributed by atoms with Crippen LogP contribution in [0, 0.1) is 0 Å². The van der Waals surface area contributed by atoms with E-state index in [4.69, 9.17) is 5.73 Å². The minimum absolute atomic E-state index is 0.201. The van der Waals surface area contributed by atoms with Crippen molar-refractivity contribution in [1.29, 1.82) is 0 Å². The first kappa shape index (κ1) is 17.6. The van der Waals surface area contributed by atoms with Gasteiger partial charge in [0.05, 0.1) is 16.9 Å². The lowest BCUT2D eigenvalue weighted by Crippen LogP contribution is -2.30. The molecule has 1 aliphatic heterocycles. The first-order valence-electron chi connectivity index (χ1n) is 7.88. The van der Waals surface area contributed by atoms with E-state index in [9.17, 15) is 18.0 Å². The summed E-state index contributed by atoms with van der Waals surface area (Å²) in [4.78, 5) is 13.9. The van der Waals surface area contributed by atoms with Crippen molar-refractivity contribution in [3.8, 4) is 0 Å². The predicted molar refractivity (Wildman–Crippen MR) is 84.4 cm³/mol. The van der Waals surface area contributed by atoms with Gasteiger partial charge in [0, 0.05) is 19.5 Å². The van der Waals surface area contributed by atoms with Crippen molar-refractivity contribution in [3.63, 3.8) is 0 Å². The number of benzene rings is 1. The molecule has 0 aliphatic carbocycles. The van der Waals surface area contributed by atoms with Gasteiger partial charge in [-0.05, 0) is 50.4 Å². The van der Waals surface area contributed by atoms with Gasteiger partial charge >= 0.3 is 6.18 Å². The molecule has 3 N–H and O–H groups in total. The van der Waals surface area contributed by atoms with Gasteiger partial charge in [-0.25, -0.2) is 0 Å². The molecule has 1 amide bonds. The van der Waals surface area contributed by atoms with E-state index in [1.807, 2.05) is 4.90 Å². The Morgan fingerprint density at radius 2 is 1.91 bits per heavy atom. The fourth-order valence-electron chi connectivity index (χ4n) is 2.70. The van der Waals surface area contributed by atoms with Crippen LogP contribution in [0.25, 0.3) is 0 Å². The highest BCUT2D eigenvalue weighted by molar-refractivity contribution is 5.94. The number of carbonyl (C=O) groups is 1. The minimum atomic E-state index is -4.43. The number of alkyl halides is 3. The molecule has 1 saturated heterocycles. The number of halogens is 3. The normalized spacial score (nSPS) is 15.6. The lowest BCUT2D eigenvalue weighted by atomic mass is 10.1. The molecule has 1 aliphatic rings. The second kappa shape index (κ2) is 7.68. The Hall–Kier alpha value is -1.76. The van der Waals surface area contributed by atoms with E-state index in [-0.39, 0.29) is 18.0 Å². The average molecular weight is 329 g/mol. The van der Waals surface area contributed by atoms with Gasteiger partial charge in [-0.3, -0.25) is 4.79 Å². The summed E-state index contributed by atoms with van der Waals surface area (Å²) in [5.74, 6) is -0.312. The standard InChI is InChI=1S/C16H22F3N3O/c17-16(18,19)12-6-7-14(22-9-2-1-3-10-22)13(11-12)21-15(23)5-4-8-20/h6-7,11H,1-5,8-10,20H2,(H,21,23).